The first-order chi connectivity index (χ1) is 32.3. The van der Waals surface area contributed by atoms with Crippen LogP contribution in [0.5, 0.6) is 0 Å². The number of rotatable bonds is 6. The normalized spacial score (nSPS) is 18.5. The number of hydrogen-bond donors (Lipinski definition) is 0. The topological polar surface area (TPSA) is 3.24 Å². The van der Waals surface area contributed by atoms with E-state index in [1.54, 1.807) is 0 Å². The zero-order chi connectivity index (χ0) is 46.0. The molecule has 12 rings (SSSR count). The maximum absolute atomic E-state index is 2.64. The van der Waals surface area contributed by atoms with Crippen LogP contribution in [0.1, 0.15) is 105 Å². The second-order valence-corrected chi connectivity index (χ2v) is 21.7. The van der Waals surface area contributed by atoms with Gasteiger partial charge in [-0.3, -0.25) is 0 Å². The van der Waals surface area contributed by atoms with E-state index in [9.17, 15) is 0 Å². The van der Waals surface area contributed by atoms with Gasteiger partial charge in [0.2, 0.25) is 0 Å². The van der Waals surface area contributed by atoms with Crippen molar-refractivity contribution in [3.8, 4) is 33.4 Å². The Balaban J connectivity index is 1.16. The molecular weight excluding hydrogens is 807 g/mol. The monoisotopic (exact) mass is 865 g/mol. The summed E-state index contributed by atoms with van der Waals surface area (Å²) in [4.78, 5) is 2.64. The van der Waals surface area contributed by atoms with Crippen LogP contribution >= 0.6 is 0 Å². The number of benzene rings is 8. The third kappa shape index (κ3) is 5.86. The highest BCUT2D eigenvalue weighted by Gasteiger charge is 2.49. The van der Waals surface area contributed by atoms with Gasteiger partial charge in [-0.15, -0.1) is 0 Å². The molecule has 4 aliphatic rings. The molecule has 0 saturated heterocycles. The van der Waals surface area contributed by atoms with Gasteiger partial charge in [0.1, 0.15) is 0 Å². The van der Waals surface area contributed by atoms with Gasteiger partial charge < -0.3 is 4.90 Å². The fraction of sp³-hybridized carbons (Fsp3) is 0.212. The van der Waals surface area contributed by atoms with Crippen LogP contribution in [0.25, 0.3) is 39.0 Å². The molecule has 0 radical (unpaired) electrons. The molecular formula is C66H59N. The van der Waals surface area contributed by atoms with E-state index >= 15 is 0 Å². The molecule has 4 aliphatic carbocycles. The van der Waals surface area contributed by atoms with Crippen LogP contribution in [-0.4, -0.2) is 0 Å². The molecule has 2 unspecified atom stereocenters. The lowest BCUT2D eigenvalue weighted by Crippen LogP contribution is -2.30. The molecule has 0 heterocycles. The van der Waals surface area contributed by atoms with E-state index in [2.05, 4.69) is 261 Å². The van der Waals surface area contributed by atoms with Crippen LogP contribution in [0.4, 0.5) is 17.1 Å². The summed E-state index contributed by atoms with van der Waals surface area (Å²) in [5.74, 6) is 0.791. The van der Waals surface area contributed by atoms with Gasteiger partial charge in [0.15, 0.2) is 0 Å². The smallest absolute Gasteiger partial charge is 0.0714 e. The van der Waals surface area contributed by atoms with E-state index in [-0.39, 0.29) is 16.2 Å². The summed E-state index contributed by atoms with van der Waals surface area (Å²) in [5, 5.41) is 0. The average molecular weight is 866 g/mol. The predicted molar refractivity (Wildman–Crippen MR) is 283 cm³/mol. The first kappa shape index (κ1) is 41.5. The number of para-hydroxylation sites is 1. The quantitative estimate of drug-likeness (QED) is 0.161. The van der Waals surface area contributed by atoms with Crippen molar-refractivity contribution in [1.82, 2.24) is 0 Å². The summed E-state index contributed by atoms with van der Waals surface area (Å²) in [6.45, 7) is 19.2. The summed E-state index contributed by atoms with van der Waals surface area (Å²) < 4.78 is 0. The molecule has 67 heavy (non-hydrogen) atoms. The van der Waals surface area contributed by atoms with Gasteiger partial charge >= 0.3 is 0 Å². The van der Waals surface area contributed by atoms with Crippen molar-refractivity contribution in [3.63, 3.8) is 0 Å². The zero-order valence-electron chi connectivity index (χ0n) is 40.2. The van der Waals surface area contributed by atoms with Gasteiger partial charge in [0, 0.05) is 16.7 Å². The molecule has 2 atom stereocenters. The van der Waals surface area contributed by atoms with Gasteiger partial charge in [-0.2, -0.15) is 0 Å². The largest absolute Gasteiger partial charge is 0.310 e. The zero-order valence-corrected chi connectivity index (χ0v) is 40.2. The fourth-order valence-corrected chi connectivity index (χ4v) is 13.3. The van der Waals surface area contributed by atoms with Crippen LogP contribution in [0.3, 0.4) is 0 Å². The van der Waals surface area contributed by atoms with Crippen LogP contribution in [0.2, 0.25) is 0 Å². The van der Waals surface area contributed by atoms with Crippen molar-refractivity contribution >= 4 is 22.6 Å². The first-order valence-electron chi connectivity index (χ1n) is 24.4. The first-order valence-corrected chi connectivity index (χ1v) is 24.4. The van der Waals surface area contributed by atoms with Crippen molar-refractivity contribution in [2.24, 2.45) is 11.8 Å². The average Bonchev–Trinajstić information content (AvgIpc) is 3.87. The van der Waals surface area contributed by atoms with Crippen LogP contribution in [0, 0.1) is 11.8 Å². The van der Waals surface area contributed by atoms with E-state index in [0.29, 0.717) is 11.8 Å². The molecule has 8 aromatic carbocycles. The van der Waals surface area contributed by atoms with Gasteiger partial charge in [-0.25, -0.2) is 0 Å². The van der Waals surface area contributed by atoms with Crippen molar-refractivity contribution in [3.05, 3.63) is 250 Å². The van der Waals surface area contributed by atoms with Gasteiger partial charge in [0.05, 0.1) is 16.8 Å². The third-order valence-corrected chi connectivity index (χ3v) is 16.3. The van der Waals surface area contributed by atoms with Crippen LogP contribution in [-0.2, 0) is 21.7 Å². The van der Waals surface area contributed by atoms with Crippen LogP contribution in [0.15, 0.2) is 200 Å². The molecule has 0 fully saturated rings. The second kappa shape index (κ2) is 14.8. The molecule has 0 N–H and O–H groups in total. The summed E-state index contributed by atoms with van der Waals surface area (Å²) in [7, 11) is 0. The Bertz CT molecular complexity index is 3310. The molecule has 0 amide bonds. The fourth-order valence-electron chi connectivity index (χ4n) is 13.3. The Labute approximate surface area is 398 Å². The summed E-state index contributed by atoms with van der Waals surface area (Å²) in [6, 6.07) is 69.5. The highest BCUT2D eigenvalue weighted by molar-refractivity contribution is 6.00. The highest BCUT2D eigenvalue weighted by Crippen LogP contribution is 2.62. The Morgan fingerprint density at radius 1 is 0.478 bits per heavy atom. The predicted octanol–water partition coefficient (Wildman–Crippen LogP) is 17.3. The molecule has 8 aromatic rings. The van der Waals surface area contributed by atoms with Crippen molar-refractivity contribution in [2.45, 2.75) is 77.0 Å². The number of nitrogens with zero attached hydrogens (tertiary/aromatic N) is 1. The Morgan fingerprint density at radius 3 is 1.79 bits per heavy atom. The van der Waals surface area contributed by atoms with E-state index < -0.39 is 5.41 Å². The van der Waals surface area contributed by atoms with Gasteiger partial charge in [0.25, 0.3) is 0 Å². The second-order valence-electron chi connectivity index (χ2n) is 21.7. The standard InChI is InChI=1S/C66H59N/c1-42-22-19-30-51-52-31-21-35-59(62(52)65(7,8)61(42)51)67(58-34-18-16-28-49(58)50-29-20-33-55-60(50)53-38-36-45(63(2,3)4)40-56(53)64(55,5)6)46-37-39-48-47-27-15-17-32-54(47)66(57(48)41-46,43-23-11-9-12-24-43)44-25-13-10-14-26-44/h9-42,61H,1-8H3. The molecule has 0 spiro atoms. The SMILES string of the molecule is CC1C=CC=C2c3cccc(N(c4ccc5c(c4)C(c4ccccc4)(c4ccccc4)c4ccccc4-5)c4ccccc4-c4cccc5c4-c4ccc(C(C)(C)C)cc4C5(C)C)c3C(C)(C)C21. The molecule has 0 saturated carbocycles. The van der Waals surface area contributed by atoms with E-state index in [1.165, 1.54) is 100 Å². The molecule has 1 nitrogen and oxygen atoms in total. The number of anilines is 3. The van der Waals surface area contributed by atoms with Crippen LogP contribution < -0.4 is 4.90 Å². The van der Waals surface area contributed by atoms with Gasteiger partial charge in [-0.1, -0.05) is 231 Å². The lowest BCUT2D eigenvalue weighted by atomic mass is 9.67. The maximum atomic E-state index is 2.64. The van der Waals surface area contributed by atoms with Crippen molar-refractivity contribution < 1.29 is 0 Å². The lowest BCUT2D eigenvalue weighted by Gasteiger charge is -2.38. The Morgan fingerprint density at radius 2 is 1.06 bits per heavy atom. The minimum atomic E-state index is -0.532. The Hall–Kier alpha value is -6.96. The number of fused-ring (bicyclic) bond motifs is 9. The third-order valence-electron chi connectivity index (χ3n) is 16.3. The van der Waals surface area contributed by atoms with Gasteiger partial charge in [-0.05, 0) is 130 Å². The summed E-state index contributed by atoms with van der Waals surface area (Å²) >= 11 is 0. The molecule has 0 bridgehead atoms. The molecule has 328 valence electrons. The number of allylic oxidation sites excluding steroid dienone is 4. The van der Waals surface area contributed by atoms with Crippen molar-refractivity contribution in [2.75, 3.05) is 4.90 Å². The number of hydrogen-bond acceptors (Lipinski definition) is 1. The van der Waals surface area contributed by atoms with Crippen molar-refractivity contribution in [1.29, 1.82) is 0 Å². The van der Waals surface area contributed by atoms with E-state index in [4.69, 9.17) is 0 Å². The maximum Gasteiger partial charge on any atom is 0.0714 e. The molecule has 0 aliphatic heterocycles. The summed E-state index contributed by atoms with van der Waals surface area (Å²) in [5.41, 5.74) is 24.1. The molecule has 1 heteroatoms. The summed E-state index contributed by atoms with van der Waals surface area (Å²) in [6.07, 6.45) is 7.07. The van der Waals surface area contributed by atoms with E-state index in [1.807, 2.05) is 0 Å². The highest BCUT2D eigenvalue weighted by atomic mass is 15.1. The lowest BCUT2D eigenvalue weighted by molar-refractivity contribution is 0.347. The minimum absolute atomic E-state index is 0.0524. The Kier molecular flexibility index (Phi) is 9.14. The minimum Gasteiger partial charge on any atom is -0.310 e. The molecule has 0 aromatic heterocycles. The van der Waals surface area contributed by atoms with E-state index in [0.717, 1.165) is 5.69 Å².